The largest absolute Gasteiger partial charge is 0.458 e. The first-order valence-electron chi connectivity index (χ1n) is 6.67. The van der Waals surface area contributed by atoms with Crippen molar-refractivity contribution in [2.24, 2.45) is 0 Å². The average molecular weight is 310 g/mol. The van der Waals surface area contributed by atoms with Crippen LogP contribution in [0, 0.1) is 0 Å². The molecular weight excluding hydrogens is 290 g/mol. The molecule has 1 atom stereocenters. The molecule has 0 aliphatic heterocycles. The van der Waals surface area contributed by atoms with E-state index in [0.29, 0.717) is 6.04 Å². The molecule has 2 rings (SSSR count). The molecule has 3 heteroatoms. The highest BCUT2D eigenvalue weighted by molar-refractivity contribution is 9.10. The summed E-state index contributed by atoms with van der Waals surface area (Å²) in [6, 6.07) is 8.64. The van der Waals surface area contributed by atoms with Gasteiger partial charge in [0.25, 0.3) is 0 Å². The lowest BCUT2D eigenvalue weighted by atomic mass is 10.1. The van der Waals surface area contributed by atoms with Gasteiger partial charge in [-0.1, -0.05) is 32.4 Å². The number of furan rings is 1. The minimum absolute atomic E-state index is 0.328. The van der Waals surface area contributed by atoms with Crippen molar-refractivity contribution in [1.29, 1.82) is 0 Å². The number of hydrogen-bond acceptors (Lipinski definition) is 2. The van der Waals surface area contributed by atoms with Crippen molar-refractivity contribution in [3.05, 3.63) is 34.5 Å². The van der Waals surface area contributed by atoms with Crippen LogP contribution in [0.4, 0.5) is 0 Å². The lowest BCUT2D eigenvalue weighted by molar-refractivity contribution is 0.407. The van der Waals surface area contributed by atoms with Crippen LogP contribution in [0.2, 0.25) is 0 Å². The van der Waals surface area contributed by atoms with Crippen molar-refractivity contribution in [2.45, 2.75) is 39.2 Å². The molecule has 0 aliphatic rings. The highest BCUT2D eigenvalue weighted by atomic mass is 79.9. The third kappa shape index (κ3) is 2.96. The van der Waals surface area contributed by atoms with Crippen molar-refractivity contribution in [3.8, 4) is 0 Å². The molecule has 1 aromatic carbocycles. The number of halogens is 1. The summed E-state index contributed by atoms with van der Waals surface area (Å²) in [7, 11) is 0. The van der Waals surface area contributed by atoms with Crippen LogP contribution in [-0.4, -0.2) is 6.54 Å². The van der Waals surface area contributed by atoms with Gasteiger partial charge in [0.15, 0.2) is 0 Å². The predicted molar refractivity (Wildman–Crippen MR) is 79.9 cm³/mol. The zero-order valence-electron chi connectivity index (χ0n) is 11.0. The number of benzene rings is 1. The van der Waals surface area contributed by atoms with E-state index < -0.39 is 0 Å². The summed E-state index contributed by atoms with van der Waals surface area (Å²) in [5.74, 6) is 1.05. The van der Waals surface area contributed by atoms with Gasteiger partial charge in [0.2, 0.25) is 0 Å². The van der Waals surface area contributed by atoms with Gasteiger partial charge in [-0.05, 0) is 47.4 Å². The molecule has 0 amide bonds. The highest BCUT2D eigenvalue weighted by Crippen LogP contribution is 2.31. The van der Waals surface area contributed by atoms with Crippen LogP contribution >= 0.6 is 15.9 Å². The van der Waals surface area contributed by atoms with Crippen molar-refractivity contribution in [3.63, 3.8) is 0 Å². The maximum Gasteiger partial charge on any atom is 0.148 e. The molecule has 18 heavy (non-hydrogen) atoms. The Balaban J connectivity index is 2.29. The Morgan fingerprint density at radius 2 is 2.11 bits per heavy atom. The van der Waals surface area contributed by atoms with E-state index in [1.807, 2.05) is 12.1 Å². The molecular formula is C15H20BrNO. The zero-order chi connectivity index (χ0) is 13.0. The van der Waals surface area contributed by atoms with Crippen LogP contribution in [0.5, 0.6) is 0 Å². The van der Waals surface area contributed by atoms with Gasteiger partial charge in [0.05, 0.1) is 10.5 Å². The summed E-state index contributed by atoms with van der Waals surface area (Å²) in [6.45, 7) is 5.42. The molecule has 0 fully saturated rings. The van der Waals surface area contributed by atoms with Gasteiger partial charge in [0, 0.05) is 5.39 Å². The fourth-order valence-electron chi connectivity index (χ4n) is 2.17. The summed E-state index contributed by atoms with van der Waals surface area (Å²) >= 11 is 3.54. The summed E-state index contributed by atoms with van der Waals surface area (Å²) in [4.78, 5) is 0. The molecule has 0 radical (unpaired) electrons. The number of rotatable bonds is 6. The Kier molecular flexibility index (Phi) is 4.84. The molecule has 0 saturated carbocycles. The van der Waals surface area contributed by atoms with Gasteiger partial charge in [-0.15, -0.1) is 0 Å². The predicted octanol–water partition coefficient (Wildman–Crippen LogP) is 5.04. The number of para-hydroxylation sites is 1. The molecule has 98 valence electrons. The third-order valence-electron chi connectivity index (χ3n) is 3.08. The highest BCUT2D eigenvalue weighted by Gasteiger charge is 2.15. The van der Waals surface area contributed by atoms with Crippen LogP contribution in [0.3, 0.4) is 0 Å². The molecule has 2 aromatic rings. The Morgan fingerprint density at radius 1 is 1.28 bits per heavy atom. The van der Waals surface area contributed by atoms with E-state index in [1.165, 1.54) is 5.39 Å². The van der Waals surface area contributed by atoms with Gasteiger partial charge in [-0.3, -0.25) is 0 Å². The van der Waals surface area contributed by atoms with Crippen LogP contribution in [0.1, 0.15) is 44.9 Å². The lowest BCUT2D eigenvalue weighted by Crippen LogP contribution is -2.21. The molecule has 1 N–H and O–H groups in total. The molecule has 2 nitrogen and oxygen atoms in total. The van der Waals surface area contributed by atoms with Gasteiger partial charge < -0.3 is 9.73 Å². The zero-order valence-corrected chi connectivity index (χ0v) is 12.6. The first-order valence-corrected chi connectivity index (χ1v) is 7.46. The van der Waals surface area contributed by atoms with Gasteiger partial charge >= 0.3 is 0 Å². The minimum atomic E-state index is 0.328. The Labute approximate surface area is 117 Å². The first kappa shape index (κ1) is 13.6. The smallest absolute Gasteiger partial charge is 0.148 e. The summed E-state index contributed by atoms with van der Waals surface area (Å²) < 4.78 is 7.03. The molecule has 0 saturated heterocycles. The van der Waals surface area contributed by atoms with Crippen molar-refractivity contribution >= 4 is 26.9 Å². The standard InChI is InChI=1S/C15H20BrNO/c1-3-6-13(17-9-4-2)14-10-11-7-5-8-12(16)15(11)18-14/h5,7-8,10,13,17H,3-4,6,9H2,1-2H3. The Bertz CT molecular complexity index is 506. The fraction of sp³-hybridized carbons (Fsp3) is 0.467. The monoisotopic (exact) mass is 309 g/mol. The Morgan fingerprint density at radius 3 is 2.78 bits per heavy atom. The van der Waals surface area contributed by atoms with Crippen LogP contribution in [-0.2, 0) is 0 Å². The number of hydrogen-bond donors (Lipinski definition) is 1. The maximum absolute atomic E-state index is 6.00. The van der Waals surface area contributed by atoms with E-state index >= 15 is 0 Å². The average Bonchev–Trinajstić information content (AvgIpc) is 2.80. The normalized spacial score (nSPS) is 13.1. The van der Waals surface area contributed by atoms with E-state index in [2.05, 4.69) is 47.2 Å². The van der Waals surface area contributed by atoms with Crippen molar-refractivity contribution < 1.29 is 4.42 Å². The third-order valence-corrected chi connectivity index (χ3v) is 3.70. The van der Waals surface area contributed by atoms with Gasteiger partial charge in [-0.2, -0.15) is 0 Å². The van der Waals surface area contributed by atoms with Crippen LogP contribution < -0.4 is 5.32 Å². The second kappa shape index (κ2) is 6.39. The second-order valence-corrected chi connectivity index (χ2v) is 5.46. The lowest BCUT2D eigenvalue weighted by Gasteiger charge is -2.14. The quantitative estimate of drug-likeness (QED) is 0.809. The maximum atomic E-state index is 6.00. The number of nitrogens with one attached hydrogen (secondary N) is 1. The van der Waals surface area contributed by atoms with E-state index in [9.17, 15) is 0 Å². The van der Waals surface area contributed by atoms with Gasteiger partial charge in [0.1, 0.15) is 11.3 Å². The second-order valence-electron chi connectivity index (χ2n) is 4.60. The molecule has 1 aromatic heterocycles. The topological polar surface area (TPSA) is 25.2 Å². The van der Waals surface area contributed by atoms with Crippen LogP contribution in [0.25, 0.3) is 11.0 Å². The first-order chi connectivity index (χ1) is 8.76. The SMILES string of the molecule is CCCNC(CCC)c1cc2cccc(Br)c2o1. The molecule has 1 unspecified atom stereocenters. The molecule has 1 heterocycles. The van der Waals surface area contributed by atoms with E-state index in [1.54, 1.807) is 0 Å². The Hall–Kier alpha value is -0.800. The van der Waals surface area contributed by atoms with Crippen molar-refractivity contribution in [1.82, 2.24) is 5.32 Å². The summed E-state index contributed by atoms with van der Waals surface area (Å²) in [5.41, 5.74) is 0.951. The van der Waals surface area contributed by atoms with E-state index in [-0.39, 0.29) is 0 Å². The van der Waals surface area contributed by atoms with Crippen molar-refractivity contribution in [2.75, 3.05) is 6.54 Å². The fourth-order valence-corrected chi connectivity index (χ4v) is 2.63. The van der Waals surface area contributed by atoms with Gasteiger partial charge in [-0.25, -0.2) is 0 Å². The van der Waals surface area contributed by atoms with Crippen LogP contribution in [0.15, 0.2) is 33.2 Å². The van der Waals surface area contributed by atoms with E-state index in [0.717, 1.165) is 41.6 Å². The summed E-state index contributed by atoms with van der Waals surface area (Å²) in [6.07, 6.45) is 3.40. The molecule has 0 aliphatic carbocycles. The molecule has 0 spiro atoms. The summed E-state index contributed by atoms with van der Waals surface area (Å²) in [5, 5.41) is 4.72. The number of fused-ring (bicyclic) bond motifs is 1. The minimum Gasteiger partial charge on any atom is -0.458 e. The van der Waals surface area contributed by atoms with E-state index in [4.69, 9.17) is 4.42 Å². The molecule has 0 bridgehead atoms.